The van der Waals surface area contributed by atoms with Crippen LogP contribution in [0.25, 0.3) is 0 Å². The van der Waals surface area contributed by atoms with Crippen LogP contribution < -0.4 is 16.6 Å². The minimum Gasteiger partial charge on any atom is -0.355 e. The summed E-state index contributed by atoms with van der Waals surface area (Å²) < 4.78 is 0. The lowest BCUT2D eigenvalue weighted by molar-refractivity contribution is -0.125. The molecule has 0 aromatic heterocycles. The Kier molecular flexibility index (Phi) is 5.09. The molecule has 1 aliphatic rings. The highest BCUT2D eigenvalue weighted by Crippen LogP contribution is 2.17. The summed E-state index contributed by atoms with van der Waals surface area (Å²) in [6.07, 6.45) is 0.886. The van der Waals surface area contributed by atoms with Crippen LogP contribution in [-0.2, 0) is 9.59 Å². The molecule has 0 radical (unpaired) electrons. The summed E-state index contributed by atoms with van der Waals surface area (Å²) in [7, 11) is 0. The van der Waals surface area contributed by atoms with Crippen molar-refractivity contribution in [2.24, 2.45) is 5.84 Å². The minimum atomic E-state index is -0.368. The second-order valence-corrected chi connectivity index (χ2v) is 4.91. The summed E-state index contributed by atoms with van der Waals surface area (Å²) in [6, 6.07) is 9.48. The van der Waals surface area contributed by atoms with E-state index >= 15 is 0 Å². The van der Waals surface area contributed by atoms with Crippen molar-refractivity contribution < 1.29 is 9.59 Å². The lowest BCUT2D eigenvalue weighted by Gasteiger charge is -2.24. The molecule has 1 aliphatic heterocycles. The third-order valence-electron chi connectivity index (χ3n) is 3.44. The number of hydrazine groups is 1. The molecule has 6 heteroatoms. The molecule has 0 spiro atoms. The van der Waals surface area contributed by atoms with Crippen LogP contribution in [0.1, 0.15) is 17.9 Å². The Morgan fingerprint density at radius 3 is 2.85 bits per heavy atom. The molecular formula is C14H20N4O2. The number of benzene rings is 1. The maximum absolute atomic E-state index is 12.0. The van der Waals surface area contributed by atoms with Crippen LogP contribution in [0.5, 0.6) is 0 Å². The molecule has 2 rings (SSSR count). The van der Waals surface area contributed by atoms with Crippen molar-refractivity contribution in [2.75, 3.05) is 26.2 Å². The molecular weight excluding hydrogens is 256 g/mol. The Hall–Kier alpha value is -1.92. The zero-order chi connectivity index (χ0) is 14.4. The number of rotatable bonds is 4. The fraction of sp³-hybridized carbons (Fsp3) is 0.429. The lowest BCUT2D eigenvalue weighted by atomic mass is 9.97. The van der Waals surface area contributed by atoms with E-state index in [-0.39, 0.29) is 17.7 Å². The second-order valence-electron chi connectivity index (χ2n) is 4.91. The van der Waals surface area contributed by atoms with Gasteiger partial charge < -0.3 is 5.32 Å². The molecule has 6 nitrogen and oxygen atoms in total. The topological polar surface area (TPSA) is 87.5 Å². The SMILES string of the molecule is NNC(=O)C(CN1CCCNC(=O)C1)c1ccccc1. The lowest BCUT2D eigenvalue weighted by Crippen LogP contribution is -2.42. The maximum atomic E-state index is 12.0. The molecule has 1 aromatic carbocycles. The largest absolute Gasteiger partial charge is 0.355 e. The van der Waals surface area contributed by atoms with Crippen LogP contribution in [-0.4, -0.2) is 42.9 Å². The third-order valence-corrected chi connectivity index (χ3v) is 3.44. The number of hydrogen-bond donors (Lipinski definition) is 3. The van der Waals surface area contributed by atoms with Gasteiger partial charge in [-0.2, -0.15) is 0 Å². The monoisotopic (exact) mass is 276 g/mol. The molecule has 1 aromatic rings. The summed E-state index contributed by atoms with van der Waals surface area (Å²) in [4.78, 5) is 25.6. The fourth-order valence-electron chi connectivity index (χ4n) is 2.41. The molecule has 0 saturated carbocycles. The van der Waals surface area contributed by atoms with Crippen molar-refractivity contribution in [3.63, 3.8) is 0 Å². The Bertz CT molecular complexity index is 464. The van der Waals surface area contributed by atoms with E-state index in [4.69, 9.17) is 5.84 Å². The number of carbonyl (C=O) groups excluding carboxylic acids is 2. The van der Waals surface area contributed by atoms with Crippen LogP contribution in [0.15, 0.2) is 30.3 Å². The van der Waals surface area contributed by atoms with Crippen LogP contribution >= 0.6 is 0 Å². The first-order valence-corrected chi connectivity index (χ1v) is 6.75. The highest BCUT2D eigenvalue weighted by Gasteiger charge is 2.24. The first-order chi connectivity index (χ1) is 9.70. The van der Waals surface area contributed by atoms with E-state index in [1.54, 1.807) is 0 Å². The zero-order valence-corrected chi connectivity index (χ0v) is 11.3. The van der Waals surface area contributed by atoms with E-state index in [9.17, 15) is 9.59 Å². The van der Waals surface area contributed by atoms with Gasteiger partial charge in [0.2, 0.25) is 11.8 Å². The van der Waals surface area contributed by atoms with Gasteiger partial charge in [-0.15, -0.1) is 0 Å². The maximum Gasteiger partial charge on any atom is 0.242 e. The van der Waals surface area contributed by atoms with Gasteiger partial charge in [0.25, 0.3) is 0 Å². The van der Waals surface area contributed by atoms with Crippen LogP contribution in [0.4, 0.5) is 0 Å². The summed E-state index contributed by atoms with van der Waals surface area (Å²) in [5, 5.41) is 2.82. The number of nitrogens with zero attached hydrogens (tertiary/aromatic N) is 1. The predicted octanol–water partition coefficient (Wildman–Crippen LogP) is -0.418. The molecule has 20 heavy (non-hydrogen) atoms. The molecule has 1 saturated heterocycles. The van der Waals surface area contributed by atoms with Gasteiger partial charge in [-0.1, -0.05) is 30.3 Å². The quantitative estimate of drug-likeness (QED) is 0.396. The van der Waals surface area contributed by atoms with E-state index in [2.05, 4.69) is 10.7 Å². The molecule has 1 unspecified atom stereocenters. The van der Waals surface area contributed by atoms with Crippen molar-refractivity contribution in [3.8, 4) is 0 Å². The first-order valence-electron chi connectivity index (χ1n) is 6.75. The normalized spacial score (nSPS) is 17.9. The van der Waals surface area contributed by atoms with Crippen molar-refractivity contribution in [1.29, 1.82) is 0 Å². The summed E-state index contributed by atoms with van der Waals surface area (Å²) in [5.74, 6) is 4.67. The van der Waals surface area contributed by atoms with E-state index in [1.807, 2.05) is 35.2 Å². The van der Waals surface area contributed by atoms with Crippen molar-refractivity contribution >= 4 is 11.8 Å². The number of carbonyl (C=O) groups is 2. The van der Waals surface area contributed by atoms with E-state index < -0.39 is 0 Å². The van der Waals surface area contributed by atoms with Crippen LogP contribution in [0.3, 0.4) is 0 Å². The van der Waals surface area contributed by atoms with Gasteiger partial charge in [0.15, 0.2) is 0 Å². The van der Waals surface area contributed by atoms with Gasteiger partial charge in [-0.25, -0.2) is 5.84 Å². The van der Waals surface area contributed by atoms with Gasteiger partial charge in [-0.3, -0.25) is 19.9 Å². The molecule has 4 N–H and O–H groups in total. The van der Waals surface area contributed by atoms with Crippen molar-refractivity contribution in [2.45, 2.75) is 12.3 Å². The number of nitrogens with two attached hydrogens (primary N) is 1. The van der Waals surface area contributed by atoms with Gasteiger partial charge in [0.05, 0.1) is 12.5 Å². The summed E-state index contributed by atoms with van der Waals surface area (Å²) in [6.45, 7) is 2.29. The highest BCUT2D eigenvalue weighted by molar-refractivity contribution is 5.83. The van der Waals surface area contributed by atoms with E-state index in [1.165, 1.54) is 0 Å². The highest BCUT2D eigenvalue weighted by atomic mass is 16.2. The Morgan fingerprint density at radius 2 is 2.15 bits per heavy atom. The van der Waals surface area contributed by atoms with Gasteiger partial charge in [0.1, 0.15) is 0 Å². The zero-order valence-electron chi connectivity index (χ0n) is 11.3. The smallest absolute Gasteiger partial charge is 0.242 e. The number of nitrogens with one attached hydrogen (secondary N) is 2. The Morgan fingerprint density at radius 1 is 1.40 bits per heavy atom. The molecule has 108 valence electrons. The minimum absolute atomic E-state index is 0.00229. The predicted molar refractivity (Wildman–Crippen MR) is 75.6 cm³/mol. The summed E-state index contributed by atoms with van der Waals surface area (Å²) >= 11 is 0. The van der Waals surface area contributed by atoms with E-state index in [0.29, 0.717) is 19.6 Å². The molecule has 0 bridgehead atoms. The summed E-state index contributed by atoms with van der Waals surface area (Å²) in [5.41, 5.74) is 3.12. The van der Waals surface area contributed by atoms with Crippen molar-refractivity contribution in [3.05, 3.63) is 35.9 Å². The van der Waals surface area contributed by atoms with Crippen LogP contribution in [0, 0.1) is 0 Å². The van der Waals surface area contributed by atoms with E-state index in [0.717, 1.165) is 18.5 Å². The second kappa shape index (κ2) is 7.02. The van der Waals surface area contributed by atoms with Crippen molar-refractivity contribution in [1.82, 2.24) is 15.6 Å². The average molecular weight is 276 g/mol. The third kappa shape index (κ3) is 3.79. The number of hydrogen-bond acceptors (Lipinski definition) is 4. The first kappa shape index (κ1) is 14.5. The van der Waals surface area contributed by atoms with Gasteiger partial charge in [0, 0.05) is 19.6 Å². The van der Waals surface area contributed by atoms with Gasteiger partial charge >= 0.3 is 0 Å². The average Bonchev–Trinajstić information content (AvgIpc) is 2.69. The van der Waals surface area contributed by atoms with Gasteiger partial charge in [-0.05, 0) is 12.0 Å². The molecule has 1 atom stereocenters. The molecule has 1 heterocycles. The Balaban J connectivity index is 2.11. The standard InChI is InChI=1S/C14H20N4O2/c15-17-14(20)12(11-5-2-1-3-6-11)9-18-8-4-7-16-13(19)10-18/h1-3,5-6,12H,4,7-10,15H2,(H,16,19)(H,17,20). The molecule has 2 amide bonds. The molecule has 0 aliphatic carbocycles. The number of amides is 2. The molecule has 1 fully saturated rings. The van der Waals surface area contributed by atoms with Crippen LogP contribution in [0.2, 0.25) is 0 Å². The fourth-order valence-corrected chi connectivity index (χ4v) is 2.41. The Labute approximate surface area is 118 Å².